The van der Waals surface area contributed by atoms with Gasteiger partial charge in [-0.15, -0.1) is 0 Å². The molecule has 0 aliphatic carbocycles. The lowest BCUT2D eigenvalue weighted by Gasteiger charge is -2.58. The normalized spacial score (nSPS) is 33.8. The minimum Gasteiger partial charge on any atom is -0.430 e. The number of hydrogen-bond donors (Lipinski definition) is 0. The van der Waals surface area contributed by atoms with Gasteiger partial charge in [-0.3, -0.25) is 4.79 Å². The van der Waals surface area contributed by atoms with Crippen molar-refractivity contribution in [2.24, 2.45) is 0 Å². The average Bonchev–Trinajstić information content (AvgIpc) is 2.82. The maximum atomic E-state index is 12.3. The first-order chi connectivity index (χ1) is 8.52. The number of hydrogen-bond acceptors (Lipinski definition) is 3. The van der Waals surface area contributed by atoms with E-state index >= 15 is 0 Å². The van der Waals surface area contributed by atoms with Gasteiger partial charge in [-0.05, 0) is 18.6 Å². The molecule has 4 heteroatoms. The van der Waals surface area contributed by atoms with Crippen LogP contribution < -0.4 is 0 Å². The largest absolute Gasteiger partial charge is 0.430 e. The van der Waals surface area contributed by atoms with Crippen LogP contribution in [0.15, 0.2) is 42.5 Å². The number of carbonyl (C=O) groups is 2. The summed E-state index contributed by atoms with van der Waals surface area (Å²) >= 11 is 0. The summed E-state index contributed by atoms with van der Waals surface area (Å²) in [5, 5.41) is 0. The molecule has 1 saturated heterocycles. The minimum absolute atomic E-state index is 0.0481. The molecule has 92 valence electrons. The number of carbonyl (C=O) groups excluding carboxylic acids is 2. The van der Waals surface area contributed by atoms with Gasteiger partial charge in [0.05, 0.1) is 0 Å². The number of esters is 1. The number of nitrogens with zero attached hydrogens (tertiary/aromatic N) is 1. The highest BCUT2D eigenvalue weighted by Gasteiger charge is 2.71. The Kier molecular flexibility index (Phi) is 1.97. The molecule has 2 aliphatic rings. The van der Waals surface area contributed by atoms with E-state index in [1.54, 1.807) is 13.1 Å². The lowest BCUT2D eigenvalue weighted by Crippen LogP contribution is -2.77. The van der Waals surface area contributed by atoms with Crippen molar-refractivity contribution in [3.63, 3.8) is 0 Å². The first-order valence-corrected chi connectivity index (χ1v) is 5.78. The number of ether oxygens (including phenoxy) is 1. The Morgan fingerprint density at radius 1 is 1.17 bits per heavy atom. The van der Waals surface area contributed by atoms with E-state index in [-0.39, 0.29) is 5.91 Å². The predicted molar refractivity (Wildman–Crippen MR) is 64.5 cm³/mol. The molecule has 1 spiro atoms. The van der Waals surface area contributed by atoms with E-state index in [2.05, 4.69) is 0 Å². The highest BCUT2D eigenvalue weighted by Crippen LogP contribution is 2.52. The summed E-state index contributed by atoms with van der Waals surface area (Å²) in [5.41, 5.74) is -0.957. The van der Waals surface area contributed by atoms with Crippen LogP contribution in [0.5, 0.6) is 0 Å². The zero-order chi connectivity index (χ0) is 13.0. The number of rotatable bonds is 1. The third-order valence-electron chi connectivity index (χ3n) is 4.00. The van der Waals surface area contributed by atoms with Crippen LogP contribution in [0.2, 0.25) is 0 Å². The fourth-order valence-corrected chi connectivity index (χ4v) is 2.88. The Bertz CT molecular complexity index is 566. The summed E-state index contributed by atoms with van der Waals surface area (Å²) in [4.78, 5) is 25.1. The molecule has 18 heavy (non-hydrogen) atoms. The summed E-state index contributed by atoms with van der Waals surface area (Å²) in [6.07, 6.45) is 3.05. The molecule has 2 atom stereocenters. The summed E-state index contributed by atoms with van der Waals surface area (Å²) in [6.45, 7) is 1.81. The second-order valence-corrected chi connectivity index (χ2v) is 4.81. The first-order valence-electron chi connectivity index (χ1n) is 5.78. The molecule has 4 nitrogen and oxygen atoms in total. The summed E-state index contributed by atoms with van der Waals surface area (Å²) in [6, 6.07) is 9.41. The Balaban J connectivity index is 2.14. The maximum absolute atomic E-state index is 12.3. The molecule has 0 aromatic heterocycles. The summed E-state index contributed by atoms with van der Waals surface area (Å²) in [5.74, 6) is -0.454. The van der Waals surface area contributed by atoms with Crippen LogP contribution in [0.25, 0.3) is 0 Å². The molecule has 0 N–H and O–H groups in total. The van der Waals surface area contributed by atoms with Gasteiger partial charge < -0.3 is 9.64 Å². The molecule has 0 unspecified atom stereocenters. The molecule has 1 aromatic carbocycles. The molecule has 1 aromatic rings. The monoisotopic (exact) mass is 243 g/mol. The van der Waals surface area contributed by atoms with E-state index in [0.717, 1.165) is 5.56 Å². The number of benzene rings is 1. The molecule has 0 saturated carbocycles. The molecule has 3 rings (SSSR count). The highest BCUT2D eigenvalue weighted by molar-refractivity contribution is 6.00. The molecule has 1 amide bonds. The number of likely N-dealkylation sites (N-methyl/N-ethyl adjacent to an activating group) is 1. The van der Waals surface area contributed by atoms with Gasteiger partial charge in [-0.2, -0.15) is 0 Å². The van der Waals surface area contributed by atoms with E-state index in [1.807, 2.05) is 37.3 Å². The predicted octanol–water partition coefficient (Wildman–Crippen LogP) is 1.23. The third kappa shape index (κ3) is 1.01. The van der Waals surface area contributed by atoms with E-state index in [4.69, 9.17) is 4.74 Å². The molecule has 2 heterocycles. The van der Waals surface area contributed by atoms with E-state index in [1.165, 1.54) is 11.0 Å². The molecule has 0 bridgehead atoms. The smallest absolute Gasteiger partial charge is 0.333 e. The first kappa shape index (κ1) is 11.0. The topological polar surface area (TPSA) is 46.6 Å². The van der Waals surface area contributed by atoms with E-state index in [0.29, 0.717) is 0 Å². The zero-order valence-corrected chi connectivity index (χ0v) is 10.2. The lowest BCUT2D eigenvalue weighted by molar-refractivity contribution is -0.217. The zero-order valence-electron chi connectivity index (χ0n) is 10.2. The number of likely N-dealkylation sites (tertiary alicyclic amines) is 1. The lowest BCUT2D eigenvalue weighted by atomic mass is 9.64. The van der Waals surface area contributed by atoms with Gasteiger partial charge in [0.15, 0.2) is 0 Å². The Morgan fingerprint density at radius 2 is 1.83 bits per heavy atom. The van der Waals surface area contributed by atoms with Crippen LogP contribution in [0.1, 0.15) is 12.5 Å². The summed E-state index contributed by atoms with van der Waals surface area (Å²) < 4.78 is 5.39. The molecule has 2 aliphatic heterocycles. The van der Waals surface area contributed by atoms with Crippen molar-refractivity contribution in [2.45, 2.75) is 18.1 Å². The van der Waals surface area contributed by atoms with Crippen molar-refractivity contribution in [1.82, 2.24) is 4.90 Å². The van der Waals surface area contributed by atoms with E-state index in [9.17, 15) is 9.59 Å². The van der Waals surface area contributed by atoms with Gasteiger partial charge in [0.1, 0.15) is 5.41 Å². The quantitative estimate of drug-likeness (QED) is 0.550. The van der Waals surface area contributed by atoms with Crippen molar-refractivity contribution in [2.75, 3.05) is 7.05 Å². The average molecular weight is 243 g/mol. The number of amides is 1. The fourth-order valence-electron chi connectivity index (χ4n) is 2.88. The molecule has 0 radical (unpaired) electrons. The fraction of sp³-hybridized carbons (Fsp3) is 0.286. The van der Waals surface area contributed by atoms with Crippen LogP contribution in [-0.4, -0.2) is 29.5 Å². The Labute approximate surface area is 105 Å². The van der Waals surface area contributed by atoms with Crippen molar-refractivity contribution < 1.29 is 14.3 Å². The van der Waals surface area contributed by atoms with Gasteiger partial charge in [-0.1, -0.05) is 30.3 Å². The Morgan fingerprint density at radius 3 is 2.39 bits per heavy atom. The van der Waals surface area contributed by atoms with Crippen LogP contribution in [0.3, 0.4) is 0 Å². The van der Waals surface area contributed by atoms with Crippen LogP contribution in [0, 0.1) is 0 Å². The van der Waals surface area contributed by atoms with Crippen molar-refractivity contribution in [3.8, 4) is 0 Å². The van der Waals surface area contributed by atoms with Gasteiger partial charge >= 0.3 is 5.97 Å². The van der Waals surface area contributed by atoms with Gasteiger partial charge in [0.25, 0.3) is 0 Å². The molecule has 1 fully saturated rings. The summed E-state index contributed by atoms with van der Waals surface area (Å²) in [7, 11) is 1.65. The molecular formula is C14H13NO3. The maximum Gasteiger partial charge on any atom is 0.333 e. The van der Waals surface area contributed by atoms with Crippen molar-refractivity contribution in [3.05, 3.63) is 48.0 Å². The highest BCUT2D eigenvalue weighted by atomic mass is 16.6. The van der Waals surface area contributed by atoms with Gasteiger partial charge in [0, 0.05) is 13.1 Å². The van der Waals surface area contributed by atoms with Crippen molar-refractivity contribution in [1.29, 1.82) is 0 Å². The van der Waals surface area contributed by atoms with E-state index < -0.39 is 17.1 Å². The second kappa shape index (κ2) is 3.22. The molecular weight excluding hydrogens is 230 g/mol. The third-order valence-corrected chi connectivity index (χ3v) is 4.00. The van der Waals surface area contributed by atoms with Crippen LogP contribution >= 0.6 is 0 Å². The Hall–Kier alpha value is -2.10. The van der Waals surface area contributed by atoms with Gasteiger partial charge in [-0.25, -0.2) is 4.79 Å². The second-order valence-electron chi connectivity index (χ2n) is 4.81. The SMILES string of the molecule is CN1C(=O)[C@](C)(c2ccccc2)[C@@]12C=CC(=O)O2. The van der Waals surface area contributed by atoms with Gasteiger partial charge in [0.2, 0.25) is 11.6 Å². The number of β-lactam (4-membered cyclic amide) rings is 1. The van der Waals surface area contributed by atoms with Crippen LogP contribution in [-0.2, 0) is 19.7 Å². The van der Waals surface area contributed by atoms with Crippen molar-refractivity contribution >= 4 is 11.9 Å². The van der Waals surface area contributed by atoms with Crippen LogP contribution in [0.4, 0.5) is 0 Å². The standard InChI is InChI=1S/C14H13NO3/c1-13(10-6-4-3-5-7-10)12(17)15(2)14(13)9-8-11(16)18-14/h3-9H,1-2H3/t13-,14-/m0/s1. The minimum atomic E-state index is -0.970.